The maximum absolute atomic E-state index is 12.4. The summed E-state index contributed by atoms with van der Waals surface area (Å²) in [6.07, 6.45) is 1.44. The van der Waals surface area contributed by atoms with Crippen LogP contribution < -0.4 is 10.7 Å². The first-order valence-corrected chi connectivity index (χ1v) is 9.33. The van der Waals surface area contributed by atoms with E-state index in [0.29, 0.717) is 20.6 Å². The molecule has 8 heteroatoms. The van der Waals surface area contributed by atoms with Crippen molar-refractivity contribution in [2.75, 3.05) is 0 Å². The summed E-state index contributed by atoms with van der Waals surface area (Å²) < 4.78 is 0.518. The molecule has 0 spiro atoms. The van der Waals surface area contributed by atoms with Crippen LogP contribution in [0.4, 0.5) is 0 Å². The van der Waals surface area contributed by atoms with Crippen molar-refractivity contribution < 1.29 is 14.7 Å². The Hall–Kier alpha value is -2.38. The van der Waals surface area contributed by atoms with Gasteiger partial charge in [0, 0.05) is 0 Å². The summed E-state index contributed by atoms with van der Waals surface area (Å²) in [6, 6.07) is 10.7. The second-order valence-electron chi connectivity index (χ2n) is 6.12. The van der Waals surface area contributed by atoms with Gasteiger partial charge >= 0.3 is 0 Å². The smallest absolute Gasteiger partial charge is 0.262 e. The lowest BCUT2D eigenvalue weighted by molar-refractivity contribution is -0.123. The molecule has 1 unspecified atom stereocenters. The molecule has 3 N–H and O–H groups in total. The van der Waals surface area contributed by atoms with Gasteiger partial charge in [0.25, 0.3) is 11.8 Å². The van der Waals surface area contributed by atoms with E-state index >= 15 is 0 Å². The number of hydrazone groups is 1. The molecule has 2 aromatic rings. The highest BCUT2D eigenvalue weighted by Crippen LogP contribution is 2.23. The van der Waals surface area contributed by atoms with E-state index in [0.717, 1.165) is 0 Å². The molecule has 0 saturated heterocycles. The van der Waals surface area contributed by atoms with Crippen LogP contribution in [0.3, 0.4) is 0 Å². The Balaban J connectivity index is 2.04. The van der Waals surface area contributed by atoms with Crippen molar-refractivity contribution in [2.24, 2.45) is 11.0 Å². The lowest BCUT2D eigenvalue weighted by Crippen LogP contribution is -2.48. The summed E-state index contributed by atoms with van der Waals surface area (Å²) in [5.74, 6) is -0.923. The Kier molecular flexibility index (Phi) is 7.38. The van der Waals surface area contributed by atoms with E-state index in [2.05, 4.69) is 31.8 Å². The van der Waals surface area contributed by atoms with Crippen LogP contribution in [-0.2, 0) is 4.79 Å². The predicted molar refractivity (Wildman–Crippen MR) is 109 cm³/mol. The Morgan fingerprint density at radius 1 is 1.22 bits per heavy atom. The molecule has 27 heavy (non-hydrogen) atoms. The molecule has 142 valence electrons. The van der Waals surface area contributed by atoms with Crippen LogP contribution in [0, 0.1) is 5.92 Å². The molecular weight excluding hydrogens is 434 g/mol. The van der Waals surface area contributed by atoms with Gasteiger partial charge in [-0.05, 0) is 57.7 Å². The van der Waals surface area contributed by atoms with E-state index in [1.807, 2.05) is 13.8 Å². The Morgan fingerprint density at radius 3 is 2.56 bits per heavy atom. The average Bonchev–Trinajstić information content (AvgIpc) is 2.62. The van der Waals surface area contributed by atoms with E-state index in [1.165, 1.54) is 12.3 Å². The van der Waals surface area contributed by atoms with Crippen LogP contribution in [-0.4, -0.2) is 29.2 Å². The molecule has 0 saturated carbocycles. The molecular formula is C19H19BrClN3O3. The van der Waals surface area contributed by atoms with Crippen LogP contribution in [0.15, 0.2) is 52.0 Å². The van der Waals surface area contributed by atoms with Gasteiger partial charge in [0.15, 0.2) is 0 Å². The van der Waals surface area contributed by atoms with Crippen molar-refractivity contribution in [1.29, 1.82) is 0 Å². The minimum Gasteiger partial charge on any atom is -0.507 e. The van der Waals surface area contributed by atoms with Gasteiger partial charge in [0.05, 0.1) is 21.3 Å². The summed E-state index contributed by atoms with van der Waals surface area (Å²) in [6.45, 7) is 3.63. The number of carbonyl (C=O) groups is 2. The maximum atomic E-state index is 12.4. The van der Waals surface area contributed by atoms with E-state index in [-0.39, 0.29) is 11.7 Å². The highest BCUT2D eigenvalue weighted by molar-refractivity contribution is 9.10. The largest absolute Gasteiger partial charge is 0.507 e. The molecule has 0 fully saturated rings. The van der Waals surface area contributed by atoms with Crippen LogP contribution in [0.25, 0.3) is 0 Å². The number of carbonyl (C=O) groups excluding carboxylic acids is 2. The number of nitrogens with one attached hydrogen (secondary N) is 2. The number of phenols is 1. The number of hydrogen-bond donors (Lipinski definition) is 3. The molecule has 0 aliphatic rings. The number of benzene rings is 2. The summed E-state index contributed by atoms with van der Waals surface area (Å²) >= 11 is 9.24. The molecule has 6 nitrogen and oxygen atoms in total. The zero-order valence-electron chi connectivity index (χ0n) is 14.7. The van der Waals surface area contributed by atoms with Gasteiger partial charge in [-0.15, -0.1) is 0 Å². The lowest BCUT2D eigenvalue weighted by Gasteiger charge is -2.20. The standard InChI is InChI=1S/C19H19BrClN3O3/c1-11(2)17(23-18(26)13-5-3-4-6-15(13)21)19(27)24-22-10-12-7-8-16(25)14(20)9-12/h3-11,17,25H,1-2H3,(H,23,26)(H,24,27)/b22-10+. The highest BCUT2D eigenvalue weighted by atomic mass is 79.9. The Morgan fingerprint density at radius 2 is 1.93 bits per heavy atom. The van der Waals surface area contributed by atoms with Crippen molar-refractivity contribution in [3.8, 4) is 5.75 Å². The number of phenolic OH excluding ortho intramolecular Hbond substituents is 1. The Bertz CT molecular complexity index is 871. The van der Waals surface area contributed by atoms with Crippen molar-refractivity contribution in [2.45, 2.75) is 19.9 Å². The first-order chi connectivity index (χ1) is 12.8. The SMILES string of the molecule is CC(C)C(NC(=O)c1ccccc1Cl)C(=O)N/N=C/c1ccc(O)c(Br)c1. The fourth-order valence-corrected chi connectivity index (χ4v) is 2.86. The molecule has 0 radical (unpaired) electrons. The third-order valence-electron chi connectivity index (χ3n) is 3.71. The zero-order chi connectivity index (χ0) is 20.0. The van der Waals surface area contributed by atoms with Gasteiger partial charge in [-0.25, -0.2) is 5.43 Å². The van der Waals surface area contributed by atoms with Gasteiger partial charge in [-0.2, -0.15) is 5.10 Å². The number of halogens is 2. The number of rotatable bonds is 6. The second-order valence-corrected chi connectivity index (χ2v) is 7.38. The zero-order valence-corrected chi connectivity index (χ0v) is 17.1. The van der Waals surface area contributed by atoms with Crippen molar-refractivity contribution >= 4 is 45.6 Å². The average molecular weight is 453 g/mol. The maximum Gasteiger partial charge on any atom is 0.262 e. The minimum atomic E-state index is -0.780. The molecule has 1 atom stereocenters. The minimum absolute atomic E-state index is 0.110. The van der Waals surface area contributed by atoms with E-state index in [1.54, 1.807) is 36.4 Å². The molecule has 0 bridgehead atoms. The summed E-state index contributed by atoms with van der Waals surface area (Å²) in [4.78, 5) is 24.8. The fraction of sp³-hybridized carbons (Fsp3) is 0.211. The van der Waals surface area contributed by atoms with Crippen LogP contribution >= 0.6 is 27.5 Å². The normalized spacial score (nSPS) is 12.2. The molecule has 2 amide bonds. The third-order valence-corrected chi connectivity index (χ3v) is 4.68. The van der Waals surface area contributed by atoms with Gasteiger partial charge in [-0.3, -0.25) is 9.59 Å². The highest BCUT2D eigenvalue weighted by Gasteiger charge is 2.25. The predicted octanol–water partition coefficient (Wildman–Crippen LogP) is 3.71. The summed E-state index contributed by atoms with van der Waals surface area (Å²) in [5.41, 5.74) is 3.41. The summed E-state index contributed by atoms with van der Waals surface area (Å²) in [7, 11) is 0. The molecule has 0 aliphatic carbocycles. The third kappa shape index (κ3) is 5.80. The topological polar surface area (TPSA) is 90.8 Å². The summed E-state index contributed by atoms with van der Waals surface area (Å²) in [5, 5.41) is 16.4. The molecule has 0 aliphatic heterocycles. The van der Waals surface area contributed by atoms with Crippen molar-refractivity contribution in [1.82, 2.24) is 10.7 Å². The number of amides is 2. The van der Waals surface area contributed by atoms with Crippen LogP contribution in [0.2, 0.25) is 5.02 Å². The Labute approximate surface area is 170 Å². The number of nitrogens with zero attached hydrogens (tertiary/aromatic N) is 1. The van der Waals surface area contributed by atoms with Crippen molar-refractivity contribution in [3.63, 3.8) is 0 Å². The first-order valence-electron chi connectivity index (χ1n) is 8.16. The number of hydrogen-bond acceptors (Lipinski definition) is 4. The van der Waals surface area contributed by atoms with Crippen molar-refractivity contribution in [3.05, 3.63) is 63.1 Å². The monoisotopic (exact) mass is 451 g/mol. The lowest BCUT2D eigenvalue weighted by atomic mass is 10.0. The molecule has 0 aromatic heterocycles. The molecule has 2 aromatic carbocycles. The number of aromatic hydroxyl groups is 1. The van der Waals surface area contributed by atoms with E-state index < -0.39 is 17.9 Å². The van der Waals surface area contributed by atoms with Gasteiger partial charge < -0.3 is 10.4 Å². The molecule has 0 heterocycles. The molecule has 2 rings (SSSR count). The first kappa shape index (κ1) is 20.9. The van der Waals surface area contributed by atoms with E-state index in [4.69, 9.17) is 11.6 Å². The fourth-order valence-electron chi connectivity index (χ4n) is 2.24. The quantitative estimate of drug-likeness (QED) is 0.461. The van der Waals surface area contributed by atoms with Gasteiger partial charge in [0.2, 0.25) is 0 Å². The van der Waals surface area contributed by atoms with Gasteiger partial charge in [-0.1, -0.05) is 37.6 Å². The van der Waals surface area contributed by atoms with Crippen LogP contribution in [0.1, 0.15) is 29.8 Å². The second kappa shape index (κ2) is 9.53. The van der Waals surface area contributed by atoms with Crippen LogP contribution in [0.5, 0.6) is 5.75 Å². The van der Waals surface area contributed by atoms with Gasteiger partial charge in [0.1, 0.15) is 11.8 Å². The van der Waals surface area contributed by atoms with E-state index in [9.17, 15) is 14.7 Å².